The molecule has 6 heteroatoms. The number of carbonyl (C=O) groups is 2. The van der Waals surface area contributed by atoms with Crippen molar-refractivity contribution in [1.82, 2.24) is 10.3 Å². The minimum Gasteiger partial charge on any atom is -0.478 e. The molecule has 0 fully saturated rings. The fourth-order valence-electron chi connectivity index (χ4n) is 2.71. The molecule has 0 atom stereocenters. The van der Waals surface area contributed by atoms with E-state index in [1.807, 2.05) is 18.4 Å². The van der Waals surface area contributed by atoms with Crippen LogP contribution in [0.15, 0.2) is 71.8 Å². The lowest BCUT2D eigenvalue weighted by Gasteiger charge is -2.06. The summed E-state index contributed by atoms with van der Waals surface area (Å²) in [6, 6.07) is 17.9. The molecule has 0 saturated heterocycles. The number of hydrogen-bond acceptors (Lipinski definition) is 4. The van der Waals surface area contributed by atoms with Crippen LogP contribution >= 0.6 is 11.8 Å². The number of nitrogens with one attached hydrogen (secondary N) is 1. The quantitative estimate of drug-likeness (QED) is 0.469. The van der Waals surface area contributed by atoms with E-state index in [1.165, 1.54) is 17.0 Å². The summed E-state index contributed by atoms with van der Waals surface area (Å²) in [6.07, 6.45) is 4.21. The van der Waals surface area contributed by atoms with E-state index in [2.05, 4.69) is 34.3 Å². The van der Waals surface area contributed by atoms with E-state index >= 15 is 0 Å². The highest BCUT2D eigenvalue weighted by Gasteiger charge is 2.07. The monoisotopic (exact) mass is 416 g/mol. The van der Waals surface area contributed by atoms with Crippen molar-refractivity contribution in [1.29, 1.82) is 0 Å². The van der Waals surface area contributed by atoms with Crippen LogP contribution < -0.4 is 5.32 Å². The number of aromatic carboxylic acids is 1. The van der Waals surface area contributed by atoms with E-state index in [-0.39, 0.29) is 11.5 Å². The summed E-state index contributed by atoms with van der Waals surface area (Å²) in [4.78, 5) is 28.7. The lowest BCUT2D eigenvalue weighted by Crippen LogP contribution is -2.23. The van der Waals surface area contributed by atoms with Crippen LogP contribution in [0.3, 0.4) is 0 Å². The van der Waals surface area contributed by atoms with Crippen molar-refractivity contribution in [2.45, 2.75) is 17.9 Å². The van der Waals surface area contributed by atoms with Gasteiger partial charge in [-0.3, -0.25) is 4.79 Å². The Morgan fingerprint density at radius 3 is 2.57 bits per heavy atom. The van der Waals surface area contributed by atoms with Gasteiger partial charge in [-0.2, -0.15) is 0 Å². The maximum atomic E-state index is 12.4. The average Bonchev–Trinajstić information content (AvgIpc) is 2.78. The van der Waals surface area contributed by atoms with Gasteiger partial charge in [0.05, 0.1) is 5.56 Å². The van der Waals surface area contributed by atoms with Crippen molar-refractivity contribution in [3.63, 3.8) is 0 Å². The van der Waals surface area contributed by atoms with Gasteiger partial charge >= 0.3 is 5.97 Å². The first-order chi connectivity index (χ1) is 14.5. The molecule has 3 rings (SSSR count). The van der Waals surface area contributed by atoms with Gasteiger partial charge in [0, 0.05) is 29.6 Å². The molecule has 30 heavy (non-hydrogen) atoms. The van der Waals surface area contributed by atoms with Gasteiger partial charge in [-0.25, -0.2) is 9.78 Å². The Hall–Kier alpha value is -3.56. The predicted octanol–water partition coefficient (Wildman–Crippen LogP) is 4.03. The molecule has 0 bridgehead atoms. The second-order valence-electron chi connectivity index (χ2n) is 6.44. The van der Waals surface area contributed by atoms with Gasteiger partial charge in [0.2, 0.25) is 0 Å². The highest BCUT2D eigenvalue weighted by molar-refractivity contribution is 7.98. The first kappa shape index (κ1) is 21.2. The van der Waals surface area contributed by atoms with E-state index < -0.39 is 5.97 Å². The second kappa shape index (κ2) is 10.3. The second-order valence-corrected chi connectivity index (χ2v) is 7.32. The summed E-state index contributed by atoms with van der Waals surface area (Å²) in [5, 5.41) is 11.8. The lowest BCUT2D eigenvalue weighted by molar-refractivity contribution is 0.0696. The zero-order valence-corrected chi connectivity index (χ0v) is 17.2. The van der Waals surface area contributed by atoms with E-state index in [4.69, 9.17) is 5.11 Å². The van der Waals surface area contributed by atoms with Crippen molar-refractivity contribution in [3.8, 4) is 11.8 Å². The predicted molar refractivity (Wildman–Crippen MR) is 118 cm³/mol. The Balaban J connectivity index is 1.60. The molecule has 0 spiro atoms. The van der Waals surface area contributed by atoms with Crippen LogP contribution in [-0.2, 0) is 13.0 Å². The Morgan fingerprint density at radius 1 is 1.03 bits per heavy atom. The standard InChI is InChI=1S/C24H20N2O3S/c1-30-22-7-3-5-17(14-22)4-2-6-21-15-20(12-13-25-21)23(27)26-16-18-8-10-19(11-9-18)24(28)29/h3,5,7-15H,4,16H2,1H3,(H,26,27)(H,28,29). The summed E-state index contributed by atoms with van der Waals surface area (Å²) in [7, 11) is 0. The highest BCUT2D eigenvalue weighted by Crippen LogP contribution is 2.16. The van der Waals surface area contributed by atoms with Crippen LogP contribution in [0.2, 0.25) is 0 Å². The van der Waals surface area contributed by atoms with Crippen molar-refractivity contribution in [2.75, 3.05) is 6.26 Å². The molecule has 1 heterocycles. The number of benzene rings is 2. The minimum absolute atomic E-state index is 0.211. The Labute approximate surface area is 179 Å². The van der Waals surface area contributed by atoms with Crippen LogP contribution in [0.4, 0.5) is 0 Å². The molecule has 0 saturated carbocycles. The van der Waals surface area contributed by atoms with Crippen molar-refractivity contribution in [2.24, 2.45) is 0 Å². The normalized spacial score (nSPS) is 10.0. The third kappa shape index (κ3) is 5.97. The smallest absolute Gasteiger partial charge is 0.335 e. The summed E-state index contributed by atoms with van der Waals surface area (Å²) < 4.78 is 0. The number of pyridine rings is 1. The number of carboxylic acid groups (broad SMARTS) is 1. The molecule has 150 valence electrons. The van der Waals surface area contributed by atoms with Crippen LogP contribution in [0, 0.1) is 11.8 Å². The number of amides is 1. The summed E-state index contributed by atoms with van der Waals surface area (Å²) in [5.74, 6) is 4.90. The highest BCUT2D eigenvalue weighted by atomic mass is 32.2. The van der Waals surface area contributed by atoms with Crippen LogP contribution in [0.25, 0.3) is 0 Å². The third-order valence-electron chi connectivity index (χ3n) is 4.32. The van der Waals surface area contributed by atoms with Gasteiger partial charge in [-0.05, 0) is 59.7 Å². The molecule has 3 aromatic rings. The summed E-state index contributed by atoms with van der Waals surface area (Å²) in [5.41, 5.74) is 3.17. The SMILES string of the molecule is CSc1cccc(CC#Cc2cc(C(=O)NCc3ccc(C(=O)O)cc3)ccn2)c1. The maximum Gasteiger partial charge on any atom is 0.335 e. The van der Waals surface area contributed by atoms with Crippen LogP contribution in [0.5, 0.6) is 0 Å². The third-order valence-corrected chi connectivity index (χ3v) is 5.04. The largest absolute Gasteiger partial charge is 0.478 e. The topological polar surface area (TPSA) is 79.3 Å². The van der Waals surface area contributed by atoms with Crippen LogP contribution in [0.1, 0.15) is 37.5 Å². The number of thioether (sulfide) groups is 1. The first-order valence-electron chi connectivity index (χ1n) is 9.23. The Morgan fingerprint density at radius 2 is 1.83 bits per heavy atom. The van der Waals surface area contributed by atoms with Gasteiger partial charge in [-0.1, -0.05) is 30.2 Å². The molecule has 0 aliphatic carbocycles. The van der Waals surface area contributed by atoms with E-state index in [0.717, 1.165) is 11.1 Å². The Kier molecular flexibility index (Phi) is 7.25. The number of rotatable bonds is 6. The fraction of sp³-hybridized carbons (Fsp3) is 0.125. The van der Waals surface area contributed by atoms with E-state index in [9.17, 15) is 9.59 Å². The number of nitrogens with zero attached hydrogens (tertiary/aromatic N) is 1. The molecule has 1 amide bonds. The van der Waals surface area contributed by atoms with Gasteiger partial charge in [0.15, 0.2) is 0 Å². The van der Waals surface area contributed by atoms with Crippen LogP contribution in [-0.4, -0.2) is 28.2 Å². The molecular formula is C24H20N2O3S. The molecule has 0 aliphatic heterocycles. The summed E-state index contributed by atoms with van der Waals surface area (Å²) in [6.45, 7) is 0.299. The average molecular weight is 417 g/mol. The lowest BCUT2D eigenvalue weighted by atomic mass is 10.1. The first-order valence-corrected chi connectivity index (χ1v) is 10.5. The maximum absolute atomic E-state index is 12.4. The van der Waals surface area contributed by atoms with Gasteiger partial charge in [0.25, 0.3) is 5.91 Å². The molecule has 2 N–H and O–H groups in total. The van der Waals surface area contributed by atoms with Crippen molar-refractivity contribution >= 4 is 23.6 Å². The fourth-order valence-corrected chi connectivity index (χ4v) is 3.19. The zero-order valence-electron chi connectivity index (χ0n) is 16.4. The van der Waals surface area contributed by atoms with Gasteiger partial charge < -0.3 is 10.4 Å². The van der Waals surface area contributed by atoms with Crippen molar-refractivity contribution < 1.29 is 14.7 Å². The molecular weight excluding hydrogens is 396 g/mol. The van der Waals surface area contributed by atoms with Crippen molar-refractivity contribution in [3.05, 3.63) is 94.8 Å². The number of carboxylic acids is 1. The molecule has 0 aliphatic rings. The van der Waals surface area contributed by atoms with E-state index in [1.54, 1.807) is 42.2 Å². The van der Waals surface area contributed by atoms with E-state index in [0.29, 0.717) is 24.2 Å². The number of carbonyl (C=O) groups excluding carboxylic acids is 1. The number of aromatic nitrogens is 1. The number of hydrogen-bond donors (Lipinski definition) is 2. The molecule has 1 aromatic heterocycles. The van der Waals surface area contributed by atoms with Gasteiger partial charge in [0.1, 0.15) is 5.69 Å². The molecule has 2 aromatic carbocycles. The minimum atomic E-state index is -0.979. The Bertz CT molecular complexity index is 1120. The molecule has 0 unspecified atom stereocenters. The summed E-state index contributed by atoms with van der Waals surface area (Å²) >= 11 is 1.69. The molecule has 0 radical (unpaired) electrons. The van der Waals surface area contributed by atoms with Gasteiger partial charge in [-0.15, -0.1) is 11.8 Å². The molecule has 5 nitrogen and oxygen atoms in total. The zero-order chi connectivity index (χ0) is 21.3.